The third-order valence-electron chi connectivity index (χ3n) is 3.84. The van der Waals surface area contributed by atoms with Gasteiger partial charge >= 0.3 is 0 Å². The smallest absolute Gasteiger partial charge is 0.225 e. The van der Waals surface area contributed by atoms with Gasteiger partial charge in [0.25, 0.3) is 0 Å². The summed E-state index contributed by atoms with van der Waals surface area (Å²) in [6.45, 7) is 4.09. The molecule has 0 unspecified atom stereocenters. The molecule has 0 aromatic carbocycles. The van der Waals surface area contributed by atoms with Gasteiger partial charge in [0, 0.05) is 52.7 Å². The van der Waals surface area contributed by atoms with Gasteiger partial charge in [-0.3, -0.25) is 4.99 Å². The van der Waals surface area contributed by atoms with E-state index in [1.54, 1.807) is 25.8 Å². The third kappa shape index (κ3) is 4.30. The van der Waals surface area contributed by atoms with Crippen LogP contribution in [0.1, 0.15) is 5.82 Å². The minimum Gasteiger partial charge on any atom is -0.349 e. The van der Waals surface area contributed by atoms with E-state index < -0.39 is 0 Å². The number of hydrogen-bond donors (Lipinski definition) is 1. The average Bonchev–Trinajstić information content (AvgIpc) is 3.02. The van der Waals surface area contributed by atoms with E-state index in [2.05, 4.69) is 40.3 Å². The lowest BCUT2D eigenvalue weighted by Crippen LogP contribution is -2.52. The second kappa shape index (κ2) is 8.76. The summed E-state index contributed by atoms with van der Waals surface area (Å²) < 4.78 is 1.89. The standard InChI is InChI=1S/C14H21N9.HI/c1-15-13(18-10-12-20-19-11-21(12)2)22-6-8-23(9-7-22)14-16-4-3-5-17-14;/h3-5,11H,6-10H2,1-2H3,(H,15,18);1H. The van der Waals surface area contributed by atoms with Crippen LogP contribution in [0.2, 0.25) is 0 Å². The maximum absolute atomic E-state index is 4.36. The van der Waals surface area contributed by atoms with Gasteiger partial charge in [0.15, 0.2) is 11.8 Å². The molecule has 130 valence electrons. The van der Waals surface area contributed by atoms with Crippen LogP contribution in [0, 0.1) is 0 Å². The lowest BCUT2D eigenvalue weighted by atomic mass is 10.3. The molecule has 2 aromatic rings. The summed E-state index contributed by atoms with van der Waals surface area (Å²) >= 11 is 0. The summed E-state index contributed by atoms with van der Waals surface area (Å²) in [5, 5.41) is 11.3. The van der Waals surface area contributed by atoms with Crippen LogP contribution >= 0.6 is 24.0 Å². The van der Waals surface area contributed by atoms with Crippen LogP contribution in [0.5, 0.6) is 0 Å². The first-order valence-corrected chi connectivity index (χ1v) is 7.58. The molecule has 0 aliphatic carbocycles. The molecule has 0 saturated carbocycles. The Bertz CT molecular complexity index is 649. The number of aliphatic imine (C=N–C) groups is 1. The molecule has 2 aromatic heterocycles. The van der Waals surface area contributed by atoms with Crippen LogP contribution in [0.3, 0.4) is 0 Å². The van der Waals surface area contributed by atoms with Crippen molar-refractivity contribution in [3.05, 3.63) is 30.6 Å². The van der Waals surface area contributed by atoms with Gasteiger partial charge in [0.1, 0.15) is 6.33 Å². The van der Waals surface area contributed by atoms with Crippen molar-refractivity contribution >= 4 is 35.9 Å². The predicted octanol–water partition coefficient (Wildman–Crippen LogP) is 0.121. The van der Waals surface area contributed by atoms with Crippen molar-refractivity contribution in [3.8, 4) is 0 Å². The highest BCUT2D eigenvalue weighted by atomic mass is 127. The number of guanidine groups is 1. The summed E-state index contributed by atoms with van der Waals surface area (Å²) in [5.41, 5.74) is 0. The number of aromatic nitrogens is 5. The molecule has 0 atom stereocenters. The summed E-state index contributed by atoms with van der Waals surface area (Å²) in [4.78, 5) is 17.4. The lowest BCUT2D eigenvalue weighted by molar-refractivity contribution is 0.369. The molecule has 10 heteroatoms. The molecule has 0 radical (unpaired) electrons. The second-order valence-electron chi connectivity index (χ2n) is 5.28. The molecule has 0 spiro atoms. The number of halogens is 1. The first-order chi connectivity index (χ1) is 11.3. The maximum Gasteiger partial charge on any atom is 0.225 e. The fourth-order valence-corrected chi connectivity index (χ4v) is 2.53. The Morgan fingerprint density at radius 1 is 1.21 bits per heavy atom. The Labute approximate surface area is 158 Å². The number of nitrogens with one attached hydrogen (secondary N) is 1. The number of hydrogen-bond acceptors (Lipinski definition) is 6. The molecule has 9 nitrogen and oxygen atoms in total. The number of aryl methyl sites for hydroxylation is 1. The Kier molecular flexibility index (Phi) is 6.70. The summed E-state index contributed by atoms with van der Waals surface area (Å²) in [5.74, 6) is 2.54. The quantitative estimate of drug-likeness (QED) is 0.410. The minimum atomic E-state index is 0. The van der Waals surface area contributed by atoms with E-state index in [-0.39, 0.29) is 24.0 Å². The number of rotatable bonds is 3. The van der Waals surface area contributed by atoms with Crippen molar-refractivity contribution in [1.82, 2.24) is 34.9 Å². The SMILES string of the molecule is CN=C(NCc1nncn1C)N1CCN(c2ncccn2)CC1.I. The van der Waals surface area contributed by atoms with Crippen molar-refractivity contribution < 1.29 is 0 Å². The topological polar surface area (TPSA) is 87.4 Å². The van der Waals surface area contributed by atoms with Gasteiger partial charge in [-0.25, -0.2) is 9.97 Å². The van der Waals surface area contributed by atoms with Crippen LogP contribution in [0.4, 0.5) is 5.95 Å². The maximum atomic E-state index is 4.36. The van der Waals surface area contributed by atoms with Crippen LogP contribution in [0.15, 0.2) is 29.8 Å². The van der Waals surface area contributed by atoms with Gasteiger partial charge in [-0.1, -0.05) is 0 Å². The first kappa shape index (κ1) is 18.4. The van der Waals surface area contributed by atoms with Gasteiger partial charge in [-0.15, -0.1) is 34.2 Å². The molecule has 0 amide bonds. The highest BCUT2D eigenvalue weighted by Gasteiger charge is 2.21. The van der Waals surface area contributed by atoms with E-state index in [4.69, 9.17) is 0 Å². The van der Waals surface area contributed by atoms with Crippen molar-refractivity contribution in [2.45, 2.75) is 6.54 Å². The first-order valence-electron chi connectivity index (χ1n) is 7.58. The Morgan fingerprint density at radius 2 is 1.92 bits per heavy atom. The van der Waals surface area contributed by atoms with Gasteiger partial charge in [0.2, 0.25) is 5.95 Å². The molecule has 0 bridgehead atoms. The van der Waals surface area contributed by atoms with Crippen LogP contribution in [0.25, 0.3) is 0 Å². The zero-order valence-corrected chi connectivity index (χ0v) is 16.2. The summed E-state index contributed by atoms with van der Waals surface area (Å²) in [7, 11) is 3.73. The number of anilines is 1. The van der Waals surface area contributed by atoms with Gasteiger partial charge < -0.3 is 19.7 Å². The van der Waals surface area contributed by atoms with Crippen molar-refractivity contribution in [2.24, 2.45) is 12.0 Å². The average molecular weight is 443 g/mol. The molecule has 1 N–H and O–H groups in total. The van der Waals surface area contributed by atoms with Crippen molar-refractivity contribution in [2.75, 3.05) is 38.1 Å². The molecule has 1 aliphatic rings. The highest BCUT2D eigenvalue weighted by Crippen LogP contribution is 2.09. The molecule has 24 heavy (non-hydrogen) atoms. The Hall–Kier alpha value is -1.98. The zero-order valence-electron chi connectivity index (χ0n) is 13.8. The fraction of sp³-hybridized carbons (Fsp3) is 0.500. The Balaban J connectivity index is 0.00000208. The molecular weight excluding hydrogens is 421 g/mol. The molecule has 1 aliphatic heterocycles. The van der Waals surface area contributed by atoms with E-state index in [0.717, 1.165) is 43.9 Å². The zero-order chi connectivity index (χ0) is 16.1. The van der Waals surface area contributed by atoms with E-state index in [9.17, 15) is 0 Å². The minimum absolute atomic E-state index is 0. The van der Waals surface area contributed by atoms with Crippen LogP contribution < -0.4 is 10.2 Å². The highest BCUT2D eigenvalue weighted by molar-refractivity contribution is 14.0. The van der Waals surface area contributed by atoms with Gasteiger partial charge in [0.05, 0.1) is 6.54 Å². The molecule has 1 saturated heterocycles. The second-order valence-corrected chi connectivity index (χ2v) is 5.28. The molecule has 1 fully saturated rings. The van der Waals surface area contributed by atoms with Crippen molar-refractivity contribution in [3.63, 3.8) is 0 Å². The van der Waals surface area contributed by atoms with E-state index in [0.29, 0.717) is 6.54 Å². The number of nitrogens with zero attached hydrogens (tertiary/aromatic N) is 8. The normalized spacial score (nSPS) is 15.2. The Morgan fingerprint density at radius 3 is 2.50 bits per heavy atom. The molecular formula is C14H22IN9. The van der Waals surface area contributed by atoms with E-state index >= 15 is 0 Å². The third-order valence-corrected chi connectivity index (χ3v) is 3.84. The monoisotopic (exact) mass is 443 g/mol. The van der Waals surface area contributed by atoms with E-state index in [1.807, 2.05) is 17.7 Å². The fourth-order valence-electron chi connectivity index (χ4n) is 2.53. The van der Waals surface area contributed by atoms with Gasteiger partial charge in [-0.05, 0) is 6.07 Å². The van der Waals surface area contributed by atoms with Crippen LogP contribution in [-0.4, -0.2) is 68.8 Å². The van der Waals surface area contributed by atoms with E-state index in [1.165, 1.54) is 0 Å². The summed E-state index contributed by atoms with van der Waals surface area (Å²) in [6.07, 6.45) is 5.24. The molecule has 3 heterocycles. The number of piperazine rings is 1. The van der Waals surface area contributed by atoms with Crippen LogP contribution in [-0.2, 0) is 13.6 Å². The largest absolute Gasteiger partial charge is 0.349 e. The predicted molar refractivity (Wildman–Crippen MR) is 102 cm³/mol. The van der Waals surface area contributed by atoms with Crippen molar-refractivity contribution in [1.29, 1.82) is 0 Å². The van der Waals surface area contributed by atoms with Gasteiger partial charge in [-0.2, -0.15) is 0 Å². The molecule has 3 rings (SSSR count). The summed E-state index contributed by atoms with van der Waals surface area (Å²) in [6, 6.07) is 1.83. The lowest BCUT2D eigenvalue weighted by Gasteiger charge is -2.36.